The lowest BCUT2D eigenvalue weighted by Gasteiger charge is -2.04. The van der Waals surface area contributed by atoms with Crippen molar-refractivity contribution in [2.45, 2.75) is 0 Å². The molecular formula is C14H14N4O3S. The Morgan fingerprint density at radius 3 is 2.68 bits per heavy atom. The van der Waals surface area contributed by atoms with Gasteiger partial charge < -0.3 is 9.67 Å². The molecule has 8 heteroatoms. The van der Waals surface area contributed by atoms with Crippen molar-refractivity contribution in [3.05, 3.63) is 36.7 Å². The molecule has 7 nitrogen and oxygen atoms in total. The van der Waals surface area contributed by atoms with Gasteiger partial charge in [-0.3, -0.25) is 9.71 Å². The van der Waals surface area contributed by atoms with Crippen LogP contribution in [0.3, 0.4) is 0 Å². The molecule has 3 aromatic rings. The maximum atomic E-state index is 11.3. The van der Waals surface area contributed by atoms with E-state index in [-0.39, 0.29) is 5.75 Å². The van der Waals surface area contributed by atoms with Gasteiger partial charge in [-0.15, -0.1) is 0 Å². The summed E-state index contributed by atoms with van der Waals surface area (Å²) in [6.07, 6.45) is 4.05. The average Bonchev–Trinajstić information content (AvgIpc) is 2.74. The molecule has 2 N–H and O–H groups in total. The van der Waals surface area contributed by atoms with Gasteiger partial charge in [-0.1, -0.05) is 0 Å². The topological polar surface area (TPSA) is 97.1 Å². The van der Waals surface area contributed by atoms with Crippen molar-refractivity contribution in [3.63, 3.8) is 0 Å². The van der Waals surface area contributed by atoms with Crippen molar-refractivity contribution < 1.29 is 13.5 Å². The number of hydrogen-bond acceptors (Lipinski definition) is 5. The van der Waals surface area contributed by atoms with Crippen molar-refractivity contribution >= 4 is 26.7 Å². The Kier molecular flexibility index (Phi) is 3.25. The molecule has 0 saturated carbocycles. The number of pyridine rings is 1. The van der Waals surface area contributed by atoms with Gasteiger partial charge in [0.1, 0.15) is 11.6 Å². The number of nitrogens with one attached hydrogen (secondary N) is 1. The molecular weight excluding hydrogens is 304 g/mol. The zero-order valence-electron chi connectivity index (χ0n) is 12.0. The highest BCUT2D eigenvalue weighted by molar-refractivity contribution is 7.92. The lowest BCUT2D eigenvalue weighted by molar-refractivity contribution is 0.473. The van der Waals surface area contributed by atoms with Gasteiger partial charge in [0.25, 0.3) is 0 Å². The number of aromatic hydroxyl groups is 1. The highest BCUT2D eigenvalue weighted by atomic mass is 32.2. The quantitative estimate of drug-likeness (QED) is 0.766. The molecule has 0 aliphatic carbocycles. The third-order valence-corrected chi connectivity index (χ3v) is 3.77. The van der Waals surface area contributed by atoms with Crippen LogP contribution in [0, 0.1) is 0 Å². The Hall–Kier alpha value is -2.61. The predicted molar refractivity (Wildman–Crippen MR) is 84.1 cm³/mol. The molecule has 0 atom stereocenters. The van der Waals surface area contributed by atoms with E-state index in [1.165, 1.54) is 6.20 Å². The number of fused-ring (bicyclic) bond motifs is 1. The van der Waals surface area contributed by atoms with Crippen LogP contribution in [-0.4, -0.2) is 34.3 Å². The molecule has 0 spiro atoms. The molecule has 1 aromatic carbocycles. The number of hydrogen-bond donors (Lipinski definition) is 2. The summed E-state index contributed by atoms with van der Waals surface area (Å²) in [5.41, 5.74) is 2.62. The van der Waals surface area contributed by atoms with E-state index in [2.05, 4.69) is 14.7 Å². The molecule has 0 bridgehead atoms. The summed E-state index contributed by atoms with van der Waals surface area (Å²) in [4.78, 5) is 8.43. The first-order valence-corrected chi connectivity index (χ1v) is 8.31. The summed E-state index contributed by atoms with van der Waals surface area (Å²) < 4.78 is 26.9. The number of nitrogens with zero attached hydrogens (tertiary/aromatic N) is 3. The first kappa shape index (κ1) is 14.3. The normalized spacial score (nSPS) is 11.7. The van der Waals surface area contributed by atoms with Gasteiger partial charge >= 0.3 is 0 Å². The molecule has 0 aliphatic heterocycles. The smallest absolute Gasteiger partial charge is 0.229 e. The number of aromatic nitrogens is 3. The van der Waals surface area contributed by atoms with Crippen LogP contribution in [0.2, 0.25) is 0 Å². The van der Waals surface area contributed by atoms with E-state index >= 15 is 0 Å². The molecule has 0 amide bonds. The van der Waals surface area contributed by atoms with Crippen LogP contribution in [0.15, 0.2) is 36.7 Å². The molecule has 2 aromatic heterocycles. The molecule has 2 heterocycles. The van der Waals surface area contributed by atoms with Gasteiger partial charge in [-0.2, -0.15) is 0 Å². The fourth-order valence-electron chi connectivity index (χ4n) is 2.29. The molecule has 22 heavy (non-hydrogen) atoms. The molecule has 0 radical (unpaired) electrons. The second-order valence-corrected chi connectivity index (χ2v) is 6.75. The number of imidazole rings is 1. The van der Waals surface area contributed by atoms with Gasteiger partial charge in [-0.25, -0.2) is 13.4 Å². The minimum atomic E-state index is -3.33. The van der Waals surface area contributed by atoms with Crippen LogP contribution in [0.4, 0.5) is 5.69 Å². The zero-order valence-corrected chi connectivity index (χ0v) is 12.8. The van der Waals surface area contributed by atoms with Crippen LogP contribution in [0.1, 0.15) is 0 Å². The van der Waals surface area contributed by atoms with Crippen molar-refractivity contribution in [1.29, 1.82) is 0 Å². The van der Waals surface area contributed by atoms with Gasteiger partial charge in [0, 0.05) is 18.8 Å². The second-order valence-electron chi connectivity index (χ2n) is 5.00. The number of rotatable bonds is 3. The minimum absolute atomic E-state index is 0.0592. The van der Waals surface area contributed by atoms with Crippen LogP contribution in [-0.2, 0) is 17.1 Å². The third kappa shape index (κ3) is 2.73. The number of anilines is 1. The lowest BCUT2D eigenvalue weighted by Crippen LogP contribution is -2.09. The van der Waals surface area contributed by atoms with Crippen LogP contribution in [0.25, 0.3) is 22.4 Å². The van der Waals surface area contributed by atoms with Gasteiger partial charge in [-0.05, 0) is 24.3 Å². The van der Waals surface area contributed by atoms with Crippen molar-refractivity contribution in [2.24, 2.45) is 7.05 Å². The Balaban J connectivity index is 2.12. The predicted octanol–water partition coefficient (Wildman–Crippen LogP) is 1.71. The van der Waals surface area contributed by atoms with Crippen molar-refractivity contribution in [3.8, 4) is 17.1 Å². The minimum Gasteiger partial charge on any atom is -0.506 e. The Bertz CT molecular complexity index is 963. The lowest BCUT2D eigenvalue weighted by atomic mass is 10.2. The average molecular weight is 318 g/mol. The second kappa shape index (κ2) is 4.99. The van der Waals surface area contributed by atoms with Crippen molar-refractivity contribution in [1.82, 2.24) is 14.5 Å². The fourth-order valence-corrected chi connectivity index (χ4v) is 2.84. The molecule has 0 saturated heterocycles. The Morgan fingerprint density at radius 2 is 2.00 bits per heavy atom. The van der Waals surface area contributed by atoms with E-state index < -0.39 is 10.0 Å². The van der Waals surface area contributed by atoms with Gasteiger partial charge in [0.05, 0.1) is 29.2 Å². The first-order valence-electron chi connectivity index (χ1n) is 6.42. The monoisotopic (exact) mass is 318 g/mol. The molecule has 0 fully saturated rings. The maximum absolute atomic E-state index is 11.3. The fraction of sp³-hybridized carbons (Fsp3) is 0.143. The van der Waals surface area contributed by atoms with E-state index in [0.29, 0.717) is 22.6 Å². The van der Waals surface area contributed by atoms with E-state index in [4.69, 9.17) is 0 Å². The maximum Gasteiger partial charge on any atom is 0.229 e. The highest BCUT2D eigenvalue weighted by Gasteiger charge is 2.12. The number of sulfonamides is 1. The van der Waals surface area contributed by atoms with Crippen LogP contribution < -0.4 is 4.72 Å². The summed E-state index contributed by atoms with van der Waals surface area (Å²) in [6.45, 7) is 0. The highest BCUT2D eigenvalue weighted by Crippen LogP contribution is 2.27. The van der Waals surface area contributed by atoms with E-state index in [9.17, 15) is 13.5 Å². The number of aryl methyl sites for hydroxylation is 1. The molecule has 0 aliphatic rings. The first-order chi connectivity index (χ1) is 10.3. The molecule has 3 rings (SSSR count). The van der Waals surface area contributed by atoms with Crippen LogP contribution in [0.5, 0.6) is 5.75 Å². The van der Waals surface area contributed by atoms with E-state index in [1.807, 2.05) is 11.6 Å². The molecule has 114 valence electrons. The SMILES string of the molecule is Cn1c(-c2cncc(O)c2)nc2cc(NS(C)(=O)=O)ccc21. The van der Waals surface area contributed by atoms with Crippen LogP contribution >= 0.6 is 0 Å². The summed E-state index contributed by atoms with van der Waals surface area (Å²) in [5.74, 6) is 0.693. The largest absolute Gasteiger partial charge is 0.506 e. The summed E-state index contributed by atoms with van der Waals surface area (Å²) >= 11 is 0. The summed E-state index contributed by atoms with van der Waals surface area (Å²) in [6, 6.07) is 6.70. The van der Waals surface area contributed by atoms with Crippen molar-refractivity contribution in [2.75, 3.05) is 11.0 Å². The van der Waals surface area contributed by atoms with E-state index in [0.717, 1.165) is 11.8 Å². The molecule has 0 unspecified atom stereocenters. The van der Waals surface area contributed by atoms with Gasteiger partial charge in [0.2, 0.25) is 10.0 Å². The summed E-state index contributed by atoms with van der Waals surface area (Å²) in [7, 11) is -1.49. The van der Waals surface area contributed by atoms with E-state index in [1.54, 1.807) is 30.5 Å². The number of benzene rings is 1. The zero-order chi connectivity index (χ0) is 15.9. The Labute approximate surface area is 127 Å². The van der Waals surface area contributed by atoms with Gasteiger partial charge in [0.15, 0.2) is 0 Å². The standard InChI is InChI=1S/C14H14N4O3S/c1-18-13-4-3-10(17-22(2,20)21)6-12(13)16-14(18)9-5-11(19)8-15-7-9/h3-8,17,19H,1-2H3. The Morgan fingerprint density at radius 1 is 1.23 bits per heavy atom. The third-order valence-electron chi connectivity index (χ3n) is 3.17. The summed E-state index contributed by atoms with van der Waals surface area (Å²) in [5, 5.41) is 9.54.